The van der Waals surface area contributed by atoms with Crippen molar-refractivity contribution in [2.24, 2.45) is 11.8 Å². The number of aliphatic hydroxyl groups is 1. The van der Waals surface area contributed by atoms with E-state index in [1.807, 2.05) is 6.92 Å². The highest BCUT2D eigenvalue weighted by molar-refractivity contribution is 5.99. The van der Waals surface area contributed by atoms with Crippen molar-refractivity contribution < 1.29 is 14.6 Å². The number of rotatable bonds is 0. The molecule has 3 aliphatic carbocycles. The molecule has 1 spiro atoms. The lowest BCUT2D eigenvalue weighted by Crippen LogP contribution is -2.49. The van der Waals surface area contributed by atoms with Gasteiger partial charge in [-0.15, -0.1) is 0 Å². The molecule has 0 unspecified atom stereocenters. The summed E-state index contributed by atoms with van der Waals surface area (Å²) in [4.78, 5) is 11.9. The summed E-state index contributed by atoms with van der Waals surface area (Å²) in [6.45, 7) is 1.90. The molecule has 4 aliphatic rings. The summed E-state index contributed by atoms with van der Waals surface area (Å²) in [5.41, 5.74) is 0.621. The van der Waals surface area contributed by atoms with Crippen LogP contribution in [0.25, 0.3) is 0 Å². The van der Waals surface area contributed by atoms with E-state index in [2.05, 4.69) is 6.08 Å². The Labute approximate surface area is 100 Å². The molecule has 0 bridgehead atoms. The minimum Gasteiger partial charge on any atom is -0.487 e. The minimum absolute atomic E-state index is 0.218. The zero-order chi connectivity index (χ0) is 11.8. The lowest BCUT2D eigenvalue weighted by atomic mass is 9.80. The topological polar surface area (TPSA) is 46.5 Å². The molecule has 0 amide bonds. The zero-order valence-corrected chi connectivity index (χ0v) is 9.90. The Hall–Kier alpha value is -1.09. The van der Waals surface area contributed by atoms with Gasteiger partial charge in [-0.2, -0.15) is 0 Å². The van der Waals surface area contributed by atoms with Gasteiger partial charge in [-0.05, 0) is 49.3 Å². The van der Waals surface area contributed by atoms with E-state index >= 15 is 0 Å². The molecule has 0 radical (unpaired) electrons. The fraction of sp³-hybridized carbons (Fsp3) is 0.643. The lowest BCUT2D eigenvalue weighted by Gasteiger charge is -2.37. The highest BCUT2D eigenvalue weighted by Gasteiger charge is 2.71. The van der Waals surface area contributed by atoms with Gasteiger partial charge in [0.15, 0.2) is 11.4 Å². The average molecular weight is 232 g/mol. The fourth-order valence-electron chi connectivity index (χ4n) is 4.67. The van der Waals surface area contributed by atoms with Gasteiger partial charge >= 0.3 is 0 Å². The second kappa shape index (κ2) is 2.66. The normalized spacial score (nSPS) is 50.6. The number of hydrogen-bond donors (Lipinski definition) is 1. The van der Waals surface area contributed by atoms with Crippen LogP contribution in [0.4, 0.5) is 0 Å². The van der Waals surface area contributed by atoms with Crippen LogP contribution in [0.3, 0.4) is 0 Å². The second-order valence-electron chi connectivity index (χ2n) is 5.93. The molecule has 0 aromatic carbocycles. The maximum atomic E-state index is 11.9. The molecule has 17 heavy (non-hydrogen) atoms. The monoisotopic (exact) mass is 232 g/mol. The minimum atomic E-state index is -0.747. The van der Waals surface area contributed by atoms with Gasteiger partial charge in [0.05, 0.1) is 6.26 Å². The first-order valence-electron chi connectivity index (χ1n) is 6.40. The summed E-state index contributed by atoms with van der Waals surface area (Å²) in [7, 11) is 0. The van der Waals surface area contributed by atoms with Crippen molar-refractivity contribution in [1.29, 1.82) is 0 Å². The fourth-order valence-corrected chi connectivity index (χ4v) is 4.67. The summed E-state index contributed by atoms with van der Waals surface area (Å²) in [5, 5.41) is 10.9. The Morgan fingerprint density at radius 3 is 3.18 bits per heavy atom. The van der Waals surface area contributed by atoms with Crippen LogP contribution in [-0.4, -0.2) is 22.1 Å². The quantitative estimate of drug-likeness (QED) is 0.691. The van der Waals surface area contributed by atoms with Crippen LogP contribution in [0.2, 0.25) is 0 Å². The summed E-state index contributed by atoms with van der Waals surface area (Å²) in [5.74, 6) is 0.714. The molecular weight excluding hydrogens is 216 g/mol. The first-order chi connectivity index (χ1) is 8.08. The number of carbonyl (C=O) groups excluding carboxylic acids is 1. The third kappa shape index (κ3) is 0.855. The maximum Gasteiger partial charge on any atom is 0.165 e. The van der Waals surface area contributed by atoms with E-state index in [-0.39, 0.29) is 17.6 Å². The van der Waals surface area contributed by atoms with E-state index in [1.165, 1.54) is 0 Å². The molecule has 2 fully saturated rings. The Balaban J connectivity index is 1.97. The zero-order valence-electron chi connectivity index (χ0n) is 9.90. The van der Waals surface area contributed by atoms with Crippen molar-refractivity contribution in [3.63, 3.8) is 0 Å². The molecule has 1 N–H and O–H groups in total. The van der Waals surface area contributed by atoms with Crippen molar-refractivity contribution in [3.05, 3.63) is 23.5 Å². The third-order valence-electron chi connectivity index (χ3n) is 5.29. The molecule has 1 aliphatic heterocycles. The van der Waals surface area contributed by atoms with Gasteiger partial charge in [0.1, 0.15) is 5.60 Å². The van der Waals surface area contributed by atoms with Crippen molar-refractivity contribution in [2.75, 3.05) is 0 Å². The summed E-state index contributed by atoms with van der Waals surface area (Å²) in [6.07, 6.45) is 6.81. The molecule has 0 aromatic rings. The lowest BCUT2D eigenvalue weighted by molar-refractivity contribution is -0.117. The molecule has 90 valence electrons. The number of allylic oxidation sites excluding steroid dienone is 1. The molecule has 0 aromatic heterocycles. The van der Waals surface area contributed by atoms with E-state index in [9.17, 15) is 9.90 Å². The van der Waals surface area contributed by atoms with E-state index < -0.39 is 11.2 Å². The Morgan fingerprint density at radius 2 is 2.35 bits per heavy atom. The Morgan fingerprint density at radius 1 is 1.53 bits per heavy atom. The van der Waals surface area contributed by atoms with Gasteiger partial charge in [-0.25, -0.2) is 0 Å². The van der Waals surface area contributed by atoms with Gasteiger partial charge in [0, 0.05) is 12.3 Å². The first kappa shape index (κ1) is 9.89. The molecule has 1 heterocycles. The smallest absolute Gasteiger partial charge is 0.165 e. The van der Waals surface area contributed by atoms with Crippen molar-refractivity contribution in [1.82, 2.24) is 0 Å². The number of Topliss-reactive ketones (excluding diaryl/α,β-unsaturated/α-hetero) is 1. The van der Waals surface area contributed by atoms with E-state index in [0.717, 1.165) is 24.0 Å². The van der Waals surface area contributed by atoms with Crippen LogP contribution in [0.5, 0.6) is 0 Å². The van der Waals surface area contributed by atoms with Gasteiger partial charge in [-0.1, -0.05) is 0 Å². The highest BCUT2D eigenvalue weighted by Crippen LogP contribution is 2.65. The van der Waals surface area contributed by atoms with E-state index in [4.69, 9.17) is 4.74 Å². The maximum absolute atomic E-state index is 11.9. The van der Waals surface area contributed by atoms with Gasteiger partial charge in [0.2, 0.25) is 0 Å². The Bertz CT molecular complexity index is 490. The number of ketones is 1. The molecule has 4 atom stereocenters. The predicted octanol–water partition coefficient (Wildman–Crippen LogP) is 1.72. The number of fused-ring (bicyclic) bond motifs is 1. The van der Waals surface area contributed by atoms with Gasteiger partial charge in [-0.3, -0.25) is 4.79 Å². The molecule has 2 saturated carbocycles. The van der Waals surface area contributed by atoms with Crippen LogP contribution >= 0.6 is 0 Å². The molecule has 3 heteroatoms. The van der Waals surface area contributed by atoms with Crippen LogP contribution in [0.15, 0.2) is 23.5 Å². The van der Waals surface area contributed by atoms with Crippen molar-refractivity contribution in [3.8, 4) is 0 Å². The molecule has 4 rings (SSSR count). The van der Waals surface area contributed by atoms with Crippen LogP contribution < -0.4 is 0 Å². The van der Waals surface area contributed by atoms with Crippen LogP contribution in [-0.2, 0) is 9.53 Å². The SMILES string of the molecule is CC1=C2[C@@H](CC1=O)C[C@]1(O)CC[C@H]3C=CO[C@]231. The van der Waals surface area contributed by atoms with Crippen LogP contribution in [0, 0.1) is 11.8 Å². The third-order valence-corrected chi connectivity index (χ3v) is 5.29. The van der Waals surface area contributed by atoms with Crippen molar-refractivity contribution >= 4 is 5.78 Å². The molecule has 3 nitrogen and oxygen atoms in total. The molecule has 0 saturated heterocycles. The van der Waals surface area contributed by atoms with Crippen LogP contribution in [0.1, 0.15) is 32.6 Å². The second-order valence-corrected chi connectivity index (χ2v) is 5.93. The summed E-state index contributed by atoms with van der Waals surface area (Å²) in [6, 6.07) is 0. The largest absolute Gasteiger partial charge is 0.487 e. The number of hydrogen-bond acceptors (Lipinski definition) is 3. The van der Waals surface area contributed by atoms with Gasteiger partial charge in [0.25, 0.3) is 0 Å². The first-order valence-corrected chi connectivity index (χ1v) is 6.40. The predicted molar refractivity (Wildman–Crippen MR) is 61.1 cm³/mol. The molecular formula is C14H16O3. The van der Waals surface area contributed by atoms with E-state index in [0.29, 0.717) is 12.8 Å². The highest BCUT2D eigenvalue weighted by atomic mass is 16.5. The standard InChI is InChI=1S/C14H16O3/c1-8-11(15)6-9-7-13(16)4-2-10-3-5-17-14(10,13)12(8)9/h3,5,9-10,16H,2,4,6-7H2,1H3/t9-,10-,13+,14-/m0/s1. The van der Waals surface area contributed by atoms with E-state index in [1.54, 1.807) is 6.26 Å². The summed E-state index contributed by atoms with van der Waals surface area (Å²) < 4.78 is 5.88. The summed E-state index contributed by atoms with van der Waals surface area (Å²) >= 11 is 0. The number of ether oxygens (including phenoxy) is 1. The Kier molecular flexibility index (Phi) is 1.55. The average Bonchev–Trinajstić information content (AvgIpc) is 2.90. The van der Waals surface area contributed by atoms with Gasteiger partial charge < -0.3 is 9.84 Å². The number of carbonyl (C=O) groups is 1. The van der Waals surface area contributed by atoms with Crippen molar-refractivity contribution in [2.45, 2.75) is 43.8 Å².